The minimum atomic E-state index is -1.01. The molecular weight excluding hydrogens is 217 g/mol. The lowest BCUT2D eigenvalue weighted by atomic mass is 9.90. The topological polar surface area (TPSA) is 86.7 Å². The predicted octanol–water partition coefficient (Wildman–Crippen LogP) is 0.970. The number of nitrogens with two attached hydrogens (primary N) is 1. The molecular formula is C12H30BNO3. The van der Waals surface area contributed by atoms with Gasteiger partial charge in [-0.1, -0.05) is 13.8 Å². The highest BCUT2D eigenvalue weighted by atomic mass is 16.3. The van der Waals surface area contributed by atoms with Gasteiger partial charge in [-0.05, 0) is 47.5 Å². The van der Waals surface area contributed by atoms with E-state index in [0.29, 0.717) is 5.92 Å². The van der Waals surface area contributed by atoms with E-state index in [1.165, 1.54) is 0 Å². The zero-order valence-corrected chi connectivity index (χ0v) is 12.6. The Balaban J connectivity index is -0.000000202. The van der Waals surface area contributed by atoms with Crippen molar-refractivity contribution >= 4 is 7.98 Å². The highest BCUT2D eigenvalue weighted by Crippen LogP contribution is 2.19. The maximum absolute atomic E-state index is 9.10. The first-order chi connectivity index (χ1) is 7.19. The first-order valence-electron chi connectivity index (χ1n) is 5.70. The molecule has 0 atom stereocenters. The van der Waals surface area contributed by atoms with Crippen molar-refractivity contribution in [2.24, 2.45) is 11.6 Å². The predicted molar refractivity (Wildman–Crippen MR) is 73.7 cm³/mol. The third kappa shape index (κ3) is 13.8. The van der Waals surface area contributed by atoms with Gasteiger partial charge in [0.15, 0.2) is 7.98 Å². The lowest BCUT2D eigenvalue weighted by molar-refractivity contribution is -0.107. The fourth-order valence-corrected chi connectivity index (χ4v) is 0. The number of hydrogen-bond donors (Lipinski definition) is 4. The van der Waals surface area contributed by atoms with E-state index < -0.39 is 16.8 Å². The van der Waals surface area contributed by atoms with Crippen LogP contribution < -0.4 is 5.64 Å². The van der Waals surface area contributed by atoms with Crippen molar-refractivity contribution in [2.45, 2.75) is 72.2 Å². The zero-order valence-electron chi connectivity index (χ0n) is 12.6. The SMILES string of the molecule is CC(C)(O)C(C)(C)O.CC(C)C(C)(C)O.[B]N. The summed E-state index contributed by atoms with van der Waals surface area (Å²) < 4.78 is 0. The normalized spacial score (nSPS) is 12.3. The van der Waals surface area contributed by atoms with Gasteiger partial charge in [0.2, 0.25) is 0 Å². The molecule has 4 nitrogen and oxygen atoms in total. The Hall–Kier alpha value is -0.0951. The van der Waals surface area contributed by atoms with Gasteiger partial charge in [-0.15, -0.1) is 0 Å². The monoisotopic (exact) mass is 247 g/mol. The van der Waals surface area contributed by atoms with Gasteiger partial charge in [0.05, 0.1) is 16.8 Å². The second-order valence-electron chi connectivity index (χ2n) is 5.93. The minimum absolute atomic E-state index is 0.354. The molecule has 0 bridgehead atoms. The van der Waals surface area contributed by atoms with Crippen LogP contribution in [0.5, 0.6) is 0 Å². The Morgan fingerprint density at radius 1 is 0.765 bits per heavy atom. The fraction of sp³-hybridized carbons (Fsp3) is 1.00. The van der Waals surface area contributed by atoms with Crippen molar-refractivity contribution in [3.8, 4) is 0 Å². The highest BCUT2D eigenvalue weighted by molar-refractivity contribution is 6.02. The molecule has 0 unspecified atom stereocenters. The standard InChI is InChI=1S/C6H14O2.C6H14O.BH2N/c1-5(2,7)6(3,4)8;1-5(2)6(3,4)7;1-2/h7-8H,1-4H3;5,7H,1-4H3;2H2. The molecule has 17 heavy (non-hydrogen) atoms. The first-order valence-corrected chi connectivity index (χ1v) is 5.70. The summed E-state index contributed by atoms with van der Waals surface area (Å²) in [5, 5.41) is 27.3. The van der Waals surface area contributed by atoms with Gasteiger partial charge in [-0.25, -0.2) is 0 Å². The van der Waals surface area contributed by atoms with Gasteiger partial charge in [0, 0.05) is 0 Å². The Bertz CT molecular complexity index is 164. The molecule has 2 radical (unpaired) electrons. The van der Waals surface area contributed by atoms with E-state index in [4.69, 9.17) is 15.3 Å². The molecule has 0 amide bonds. The number of aliphatic hydroxyl groups is 3. The molecule has 0 heterocycles. The lowest BCUT2D eigenvalue weighted by Gasteiger charge is -2.31. The lowest BCUT2D eigenvalue weighted by Crippen LogP contribution is -2.44. The summed E-state index contributed by atoms with van der Waals surface area (Å²) >= 11 is 0. The van der Waals surface area contributed by atoms with Gasteiger partial charge < -0.3 is 21.0 Å². The van der Waals surface area contributed by atoms with Crippen LogP contribution in [0, 0.1) is 5.92 Å². The van der Waals surface area contributed by atoms with E-state index >= 15 is 0 Å². The summed E-state index contributed by atoms with van der Waals surface area (Å²) in [6.45, 7) is 13.9. The van der Waals surface area contributed by atoms with E-state index in [-0.39, 0.29) is 0 Å². The Morgan fingerprint density at radius 3 is 0.882 bits per heavy atom. The van der Waals surface area contributed by atoms with Crippen LogP contribution in [0.15, 0.2) is 0 Å². The smallest absolute Gasteiger partial charge is 0.174 e. The third-order valence-electron chi connectivity index (χ3n) is 2.91. The summed E-state index contributed by atoms with van der Waals surface area (Å²) in [7, 11) is 4.00. The van der Waals surface area contributed by atoms with E-state index in [2.05, 4.69) is 13.6 Å². The summed E-state index contributed by atoms with van der Waals surface area (Å²) in [6.07, 6.45) is 0. The quantitative estimate of drug-likeness (QED) is 0.548. The average molecular weight is 247 g/mol. The highest BCUT2D eigenvalue weighted by Gasteiger charge is 2.31. The largest absolute Gasteiger partial charge is 0.390 e. The van der Waals surface area contributed by atoms with E-state index in [1.807, 2.05) is 27.7 Å². The van der Waals surface area contributed by atoms with E-state index in [9.17, 15) is 0 Å². The number of hydrogen-bond acceptors (Lipinski definition) is 4. The van der Waals surface area contributed by atoms with E-state index in [0.717, 1.165) is 0 Å². The molecule has 5 N–H and O–H groups in total. The van der Waals surface area contributed by atoms with Crippen LogP contribution in [-0.4, -0.2) is 40.1 Å². The second kappa shape index (κ2) is 8.09. The van der Waals surface area contributed by atoms with Crippen molar-refractivity contribution in [3.63, 3.8) is 0 Å². The number of rotatable bonds is 2. The van der Waals surface area contributed by atoms with Gasteiger partial charge >= 0.3 is 0 Å². The van der Waals surface area contributed by atoms with Crippen molar-refractivity contribution < 1.29 is 15.3 Å². The van der Waals surface area contributed by atoms with Crippen LogP contribution in [0.4, 0.5) is 0 Å². The molecule has 0 spiro atoms. The average Bonchev–Trinajstić information content (AvgIpc) is 2.03. The van der Waals surface area contributed by atoms with Crippen molar-refractivity contribution in [2.75, 3.05) is 0 Å². The molecule has 0 aliphatic carbocycles. The van der Waals surface area contributed by atoms with Crippen molar-refractivity contribution in [1.82, 2.24) is 0 Å². The second-order valence-corrected chi connectivity index (χ2v) is 5.93. The van der Waals surface area contributed by atoms with Crippen LogP contribution in [0.1, 0.15) is 55.4 Å². The maximum atomic E-state index is 9.10. The minimum Gasteiger partial charge on any atom is -0.390 e. The van der Waals surface area contributed by atoms with Gasteiger partial charge in [0.25, 0.3) is 0 Å². The molecule has 0 aromatic carbocycles. The summed E-state index contributed by atoms with van der Waals surface area (Å²) in [6, 6.07) is 0. The molecule has 0 aliphatic rings. The fourth-order valence-electron chi connectivity index (χ4n) is 0. The molecule has 0 rings (SSSR count). The molecule has 0 aromatic rings. The van der Waals surface area contributed by atoms with Gasteiger partial charge in [-0.3, -0.25) is 0 Å². The van der Waals surface area contributed by atoms with Crippen LogP contribution in [0.3, 0.4) is 0 Å². The van der Waals surface area contributed by atoms with Crippen LogP contribution in [0.25, 0.3) is 0 Å². The molecule has 0 aliphatic heterocycles. The Kier molecular flexibility index (Phi) is 10.5. The van der Waals surface area contributed by atoms with Crippen LogP contribution in [-0.2, 0) is 0 Å². The van der Waals surface area contributed by atoms with Gasteiger partial charge in [-0.2, -0.15) is 0 Å². The molecule has 0 aromatic heterocycles. The molecule has 0 saturated heterocycles. The summed E-state index contributed by atoms with van der Waals surface area (Å²) in [5.41, 5.74) is 1.49. The van der Waals surface area contributed by atoms with Crippen LogP contribution in [0.2, 0.25) is 0 Å². The maximum Gasteiger partial charge on any atom is 0.174 e. The third-order valence-corrected chi connectivity index (χ3v) is 2.91. The Morgan fingerprint density at radius 2 is 0.882 bits per heavy atom. The van der Waals surface area contributed by atoms with Gasteiger partial charge in [0.1, 0.15) is 0 Å². The molecule has 0 fully saturated rings. The molecule has 0 saturated carbocycles. The van der Waals surface area contributed by atoms with E-state index in [1.54, 1.807) is 27.7 Å². The van der Waals surface area contributed by atoms with Crippen LogP contribution >= 0.6 is 0 Å². The summed E-state index contributed by atoms with van der Waals surface area (Å²) in [5.74, 6) is 0.354. The first kappa shape index (κ1) is 22.1. The molecule has 104 valence electrons. The van der Waals surface area contributed by atoms with Crippen molar-refractivity contribution in [1.29, 1.82) is 0 Å². The zero-order chi connectivity index (χ0) is 15.1. The van der Waals surface area contributed by atoms with Crippen molar-refractivity contribution in [3.05, 3.63) is 0 Å². The molecule has 5 heteroatoms. The Labute approximate surface area is 108 Å². The summed E-state index contributed by atoms with van der Waals surface area (Å²) in [4.78, 5) is 0.